The van der Waals surface area contributed by atoms with Crippen LogP contribution in [0.5, 0.6) is 0 Å². The van der Waals surface area contributed by atoms with Crippen molar-refractivity contribution in [2.45, 2.75) is 38.0 Å². The molecule has 0 aliphatic heterocycles. The van der Waals surface area contributed by atoms with Crippen LogP contribution < -0.4 is 5.32 Å². The van der Waals surface area contributed by atoms with Crippen LogP contribution in [0.25, 0.3) is 0 Å². The fraction of sp³-hybridized carbons (Fsp3) is 0.316. The molecular formula is C19H23NOS. The summed E-state index contributed by atoms with van der Waals surface area (Å²) in [7, 11) is 0. The Morgan fingerprint density at radius 2 is 1.77 bits per heavy atom. The summed E-state index contributed by atoms with van der Waals surface area (Å²) < 4.78 is 0. The summed E-state index contributed by atoms with van der Waals surface area (Å²) in [6.45, 7) is 6.47. The fourth-order valence-electron chi connectivity index (χ4n) is 2.14. The van der Waals surface area contributed by atoms with Gasteiger partial charge >= 0.3 is 0 Å². The van der Waals surface area contributed by atoms with Crippen molar-refractivity contribution >= 4 is 23.4 Å². The molecule has 2 nitrogen and oxygen atoms in total. The van der Waals surface area contributed by atoms with Gasteiger partial charge in [0.15, 0.2) is 0 Å². The molecule has 0 spiro atoms. The van der Waals surface area contributed by atoms with Crippen LogP contribution in [0.2, 0.25) is 0 Å². The molecular weight excluding hydrogens is 290 g/mol. The molecule has 2 rings (SSSR count). The van der Waals surface area contributed by atoms with E-state index in [0.29, 0.717) is 5.92 Å². The molecule has 0 saturated carbocycles. The lowest BCUT2D eigenvalue weighted by molar-refractivity contribution is 0.102. The van der Waals surface area contributed by atoms with Gasteiger partial charge in [-0.25, -0.2) is 0 Å². The molecule has 0 unspecified atom stereocenters. The van der Waals surface area contributed by atoms with Crippen molar-refractivity contribution in [2.75, 3.05) is 11.1 Å². The molecule has 116 valence electrons. The van der Waals surface area contributed by atoms with E-state index in [-0.39, 0.29) is 5.91 Å². The first-order valence-electron chi connectivity index (χ1n) is 7.75. The Hall–Kier alpha value is -1.74. The number of hydrogen-bond donors (Lipinski definition) is 1. The van der Waals surface area contributed by atoms with E-state index >= 15 is 0 Å². The Kier molecular flexibility index (Phi) is 6.08. The Labute approximate surface area is 137 Å². The molecule has 1 N–H and O–H groups in total. The zero-order chi connectivity index (χ0) is 15.9. The fourth-order valence-corrected chi connectivity index (χ4v) is 3.06. The number of anilines is 1. The zero-order valence-corrected chi connectivity index (χ0v) is 14.2. The molecule has 0 radical (unpaired) electrons. The molecule has 3 heteroatoms. The van der Waals surface area contributed by atoms with Crippen LogP contribution in [-0.2, 0) is 0 Å². The summed E-state index contributed by atoms with van der Waals surface area (Å²) in [5.74, 6) is 1.47. The Bertz CT molecular complexity index is 620. The molecule has 22 heavy (non-hydrogen) atoms. The number of carbonyl (C=O) groups is 1. The van der Waals surface area contributed by atoms with Gasteiger partial charge in [0.1, 0.15) is 0 Å². The molecule has 2 aromatic rings. The molecule has 0 bridgehead atoms. The van der Waals surface area contributed by atoms with Crippen LogP contribution in [0, 0.1) is 0 Å². The number of hydrogen-bond acceptors (Lipinski definition) is 2. The molecule has 0 saturated heterocycles. The zero-order valence-electron chi connectivity index (χ0n) is 13.4. The van der Waals surface area contributed by atoms with Crippen molar-refractivity contribution in [1.29, 1.82) is 0 Å². The molecule has 2 aromatic carbocycles. The summed E-state index contributed by atoms with van der Waals surface area (Å²) >= 11 is 1.73. The van der Waals surface area contributed by atoms with E-state index in [0.717, 1.165) is 28.3 Å². The molecule has 0 fully saturated rings. The molecule has 0 aromatic heterocycles. The number of benzene rings is 2. The smallest absolute Gasteiger partial charge is 0.256 e. The number of carbonyl (C=O) groups excluding carboxylic acids is 1. The minimum Gasteiger partial charge on any atom is -0.322 e. The van der Waals surface area contributed by atoms with Gasteiger partial charge in [-0.3, -0.25) is 4.79 Å². The third-order valence-electron chi connectivity index (χ3n) is 3.43. The van der Waals surface area contributed by atoms with Gasteiger partial charge < -0.3 is 5.32 Å². The van der Waals surface area contributed by atoms with E-state index in [1.165, 1.54) is 5.56 Å². The van der Waals surface area contributed by atoms with E-state index in [4.69, 9.17) is 0 Å². The van der Waals surface area contributed by atoms with Crippen molar-refractivity contribution < 1.29 is 4.79 Å². The third kappa shape index (κ3) is 4.38. The predicted molar refractivity (Wildman–Crippen MR) is 95.9 cm³/mol. The number of amides is 1. The quantitative estimate of drug-likeness (QED) is 0.707. The summed E-state index contributed by atoms with van der Waals surface area (Å²) in [5, 5.41) is 2.99. The van der Waals surface area contributed by atoms with E-state index < -0.39 is 0 Å². The highest BCUT2D eigenvalue weighted by Crippen LogP contribution is 2.24. The van der Waals surface area contributed by atoms with Crippen molar-refractivity contribution in [1.82, 2.24) is 0 Å². The minimum absolute atomic E-state index is 0.0449. The summed E-state index contributed by atoms with van der Waals surface area (Å²) in [6.07, 6.45) is 1.09. The lowest BCUT2D eigenvalue weighted by atomic mass is 10.0. The van der Waals surface area contributed by atoms with Crippen LogP contribution >= 0.6 is 11.8 Å². The number of rotatable bonds is 6. The maximum atomic E-state index is 12.5. The van der Waals surface area contributed by atoms with Gasteiger partial charge in [-0.15, -0.1) is 11.8 Å². The largest absolute Gasteiger partial charge is 0.322 e. The first kappa shape index (κ1) is 16.6. The molecule has 0 atom stereocenters. The second kappa shape index (κ2) is 8.04. The maximum absolute atomic E-state index is 12.5. The highest BCUT2D eigenvalue weighted by atomic mass is 32.2. The molecule has 1 amide bonds. The predicted octanol–water partition coefficient (Wildman–Crippen LogP) is 5.56. The average molecular weight is 313 g/mol. The third-order valence-corrected chi connectivity index (χ3v) is 4.71. The standard InChI is InChI=1S/C19H23NOS/c1-4-13-22-18-8-6-5-7-17(18)19(21)20-16-11-9-15(10-12-16)14(2)3/h5-12,14H,4,13H2,1-3H3,(H,20,21). The van der Waals surface area contributed by atoms with Crippen LogP contribution in [-0.4, -0.2) is 11.7 Å². The SMILES string of the molecule is CCCSc1ccccc1C(=O)Nc1ccc(C(C)C)cc1. The first-order valence-corrected chi connectivity index (χ1v) is 8.73. The Morgan fingerprint density at radius 3 is 2.41 bits per heavy atom. The lowest BCUT2D eigenvalue weighted by Gasteiger charge is -2.11. The van der Waals surface area contributed by atoms with Gasteiger partial charge in [-0.1, -0.05) is 45.0 Å². The molecule has 0 aliphatic rings. The summed E-state index contributed by atoms with van der Waals surface area (Å²) in [6, 6.07) is 15.9. The van der Waals surface area contributed by atoms with Crippen LogP contribution in [0.15, 0.2) is 53.4 Å². The van der Waals surface area contributed by atoms with Crippen molar-refractivity contribution in [2.24, 2.45) is 0 Å². The normalized spacial score (nSPS) is 10.7. The van der Waals surface area contributed by atoms with Crippen LogP contribution in [0.4, 0.5) is 5.69 Å². The highest BCUT2D eigenvalue weighted by molar-refractivity contribution is 7.99. The van der Waals surface area contributed by atoms with Crippen molar-refractivity contribution in [3.8, 4) is 0 Å². The second-order valence-corrected chi connectivity index (χ2v) is 6.71. The van der Waals surface area contributed by atoms with E-state index in [1.54, 1.807) is 11.8 Å². The summed E-state index contributed by atoms with van der Waals surface area (Å²) in [5.41, 5.74) is 2.86. The van der Waals surface area contributed by atoms with Gasteiger partial charge in [0.2, 0.25) is 0 Å². The van der Waals surface area contributed by atoms with Gasteiger partial charge in [0, 0.05) is 10.6 Å². The topological polar surface area (TPSA) is 29.1 Å². The highest BCUT2D eigenvalue weighted by Gasteiger charge is 2.11. The van der Waals surface area contributed by atoms with Gasteiger partial charge in [0.25, 0.3) is 5.91 Å². The van der Waals surface area contributed by atoms with E-state index in [1.807, 2.05) is 36.4 Å². The van der Waals surface area contributed by atoms with Crippen LogP contribution in [0.1, 0.15) is 49.0 Å². The number of thioether (sulfide) groups is 1. The Morgan fingerprint density at radius 1 is 1.09 bits per heavy atom. The van der Waals surface area contributed by atoms with E-state index in [2.05, 4.69) is 38.2 Å². The van der Waals surface area contributed by atoms with Gasteiger partial charge in [0.05, 0.1) is 5.56 Å². The average Bonchev–Trinajstić information content (AvgIpc) is 2.53. The maximum Gasteiger partial charge on any atom is 0.256 e. The lowest BCUT2D eigenvalue weighted by Crippen LogP contribution is -2.13. The molecule has 0 aliphatic carbocycles. The monoisotopic (exact) mass is 313 g/mol. The minimum atomic E-state index is -0.0449. The number of nitrogens with one attached hydrogen (secondary N) is 1. The second-order valence-electron chi connectivity index (χ2n) is 5.58. The first-order chi connectivity index (χ1) is 10.6. The van der Waals surface area contributed by atoms with Gasteiger partial charge in [-0.2, -0.15) is 0 Å². The summed E-state index contributed by atoms with van der Waals surface area (Å²) in [4.78, 5) is 13.5. The Balaban J connectivity index is 2.11. The van der Waals surface area contributed by atoms with Crippen molar-refractivity contribution in [3.05, 3.63) is 59.7 Å². The van der Waals surface area contributed by atoms with Crippen molar-refractivity contribution in [3.63, 3.8) is 0 Å². The molecule has 0 heterocycles. The van der Waals surface area contributed by atoms with E-state index in [9.17, 15) is 4.79 Å². The van der Waals surface area contributed by atoms with Crippen LogP contribution in [0.3, 0.4) is 0 Å². The van der Waals surface area contributed by atoms with Gasteiger partial charge in [-0.05, 0) is 47.9 Å².